The largest absolute Gasteiger partial charge is 0.338 e. The van der Waals surface area contributed by atoms with Crippen molar-refractivity contribution in [1.82, 2.24) is 10.8 Å². The summed E-state index contributed by atoms with van der Waals surface area (Å²) in [5.41, 5.74) is 4.86. The Kier molecular flexibility index (Phi) is 6.14. The Hall–Kier alpha value is -2.86. The fourth-order valence-corrected chi connectivity index (χ4v) is 1.94. The predicted octanol–water partition coefficient (Wildman–Crippen LogP) is 2.58. The van der Waals surface area contributed by atoms with Crippen molar-refractivity contribution in [3.05, 3.63) is 65.7 Å². The maximum atomic E-state index is 11.7. The lowest BCUT2D eigenvalue weighted by Gasteiger charge is -2.09. The highest BCUT2D eigenvalue weighted by molar-refractivity contribution is 5.88. The van der Waals surface area contributed by atoms with Crippen molar-refractivity contribution in [2.75, 3.05) is 5.32 Å². The van der Waals surface area contributed by atoms with Crippen LogP contribution in [0.1, 0.15) is 18.1 Å². The van der Waals surface area contributed by atoms with Crippen molar-refractivity contribution in [3.8, 4) is 0 Å². The summed E-state index contributed by atoms with van der Waals surface area (Å²) in [6.45, 7) is 2.07. The number of hydrogen-bond acceptors (Lipinski definition) is 3. The van der Waals surface area contributed by atoms with Crippen LogP contribution >= 0.6 is 0 Å². The van der Waals surface area contributed by atoms with Crippen LogP contribution in [0.4, 0.5) is 10.5 Å². The third kappa shape index (κ3) is 6.19. The fourth-order valence-electron chi connectivity index (χ4n) is 1.94. The summed E-state index contributed by atoms with van der Waals surface area (Å²) in [5.74, 6) is -0.137. The van der Waals surface area contributed by atoms with Gasteiger partial charge in [-0.15, -0.1) is 0 Å². The zero-order valence-corrected chi connectivity index (χ0v) is 12.8. The van der Waals surface area contributed by atoms with Crippen molar-refractivity contribution < 1.29 is 14.4 Å². The molecule has 0 aliphatic heterocycles. The summed E-state index contributed by atoms with van der Waals surface area (Å²) in [4.78, 5) is 27.8. The van der Waals surface area contributed by atoms with Gasteiger partial charge in [0.25, 0.3) is 0 Å². The monoisotopic (exact) mass is 313 g/mol. The smallest absolute Gasteiger partial charge is 0.332 e. The molecule has 0 unspecified atom stereocenters. The molecule has 0 atom stereocenters. The van der Waals surface area contributed by atoms with Crippen LogP contribution in [0.2, 0.25) is 0 Å². The van der Waals surface area contributed by atoms with Crippen molar-refractivity contribution >= 4 is 17.6 Å². The lowest BCUT2D eigenvalue weighted by molar-refractivity contribution is -0.114. The standard InChI is InChI=1S/C17H19N3O3/c1-13(21)19-16-9-5-8-15(10-16)11-18-17(22)20-23-12-14-6-3-2-4-7-14/h2-10H,11-12H2,1H3,(H,19,21)(H2,18,20,22). The highest BCUT2D eigenvalue weighted by Gasteiger charge is 2.02. The summed E-state index contributed by atoms with van der Waals surface area (Å²) in [5, 5.41) is 5.37. The van der Waals surface area contributed by atoms with Gasteiger partial charge in [0.2, 0.25) is 5.91 Å². The van der Waals surface area contributed by atoms with E-state index < -0.39 is 6.03 Å². The molecule has 0 fully saturated rings. The van der Waals surface area contributed by atoms with Gasteiger partial charge in [0.1, 0.15) is 0 Å². The molecule has 6 heteroatoms. The number of carbonyl (C=O) groups excluding carboxylic acids is 2. The summed E-state index contributed by atoms with van der Waals surface area (Å²) in [6, 6.07) is 16.4. The van der Waals surface area contributed by atoms with Crippen LogP contribution in [0, 0.1) is 0 Å². The van der Waals surface area contributed by atoms with E-state index in [9.17, 15) is 9.59 Å². The number of anilines is 1. The van der Waals surface area contributed by atoms with E-state index in [1.165, 1.54) is 6.92 Å². The van der Waals surface area contributed by atoms with Crippen LogP contribution < -0.4 is 16.1 Å². The summed E-state index contributed by atoms with van der Waals surface area (Å²) >= 11 is 0. The molecule has 2 rings (SSSR count). The van der Waals surface area contributed by atoms with Crippen molar-refractivity contribution in [2.45, 2.75) is 20.1 Å². The summed E-state index contributed by atoms with van der Waals surface area (Å²) in [7, 11) is 0. The van der Waals surface area contributed by atoms with Gasteiger partial charge >= 0.3 is 6.03 Å². The van der Waals surface area contributed by atoms with Gasteiger partial charge in [0.05, 0.1) is 6.61 Å². The predicted molar refractivity (Wildman–Crippen MR) is 87.3 cm³/mol. The van der Waals surface area contributed by atoms with Crippen LogP contribution in [0.3, 0.4) is 0 Å². The molecule has 2 aromatic rings. The third-order valence-corrected chi connectivity index (χ3v) is 2.95. The Bertz CT molecular complexity index is 659. The van der Waals surface area contributed by atoms with E-state index in [0.717, 1.165) is 11.1 Å². The molecule has 23 heavy (non-hydrogen) atoms. The first kappa shape index (κ1) is 16.5. The second kappa shape index (κ2) is 8.55. The molecule has 0 bridgehead atoms. The zero-order valence-electron chi connectivity index (χ0n) is 12.8. The quantitative estimate of drug-likeness (QED) is 0.717. The minimum atomic E-state index is -0.425. The molecule has 0 aromatic heterocycles. The van der Waals surface area contributed by atoms with E-state index in [-0.39, 0.29) is 5.91 Å². The topological polar surface area (TPSA) is 79.5 Å². The molecule has 0 aliphatic carbocycles. The Labute approximate surface area is 134 Å². The molecule has 3 N–H and O–H groups in total. The molecule has 0 spiro atoms. The molecule has 2 aromatic carbocycles. The minimum Gasteiger partial charge on any atom is -0.332 e. The van der Waals surface area contributed by atoms with Crippen LogP contribution in [0.5, 0.6) is 0 Å². The number of rotatable bonds is 6. The van der Waals surface area contributed by atoms with Crippen LogP contribution in [0.15, 0.2) is 54.6 Å². The van der Waals surface area contributed by atoms with Crippen molar-refractivity contribution in [1.29, 1.82) is 0 Å². The first-order chi connectivity index (χ1) is 11.1. The SMILES string of the molecule is CC(=O)Nc1cccc(CNC(=O)NOCc2ccccc2)c1. The lowest BCUT2D eigenvalue weighted by atomic mass is 10.2. The van der Waals surface area contributed by atoms with Crippen LogP contribution in [-0.2, 0) is 22.8 Å². The molecule has 3 amide bonds. The van der Waals surface area contributed by atoms with E-state index in [2.05, 4.69) is 16.1 Å². The Morgan fingerprint density at radius 1 is 1.00 bits per heavy atom. The molecule has 0 saturated carbocycles. The molecule has 0 heterocycles. The van der Waals surface area contributed by atoms with Gasteiger partial charge in [-0.3, -0.25) is 9.63 Å². The molecule has 0 radical (unpaired) electrons. The Morgan fingerprint density at radius 3 is 2.48 bits per heavy atom. The van der Waals surface area contributed by atoms with Crippen LogP contribution in [-0.4, -0.2) is 11.9 Å². The number of benzene rings is 2. The van der Waals surface area contributed by atoms with Gasteiger partial charge < -0.3 is 10.6 Å². The number of nitrogens with one attached hydrogen (secondary N) is 3. The van der Waals surface area contributed by atoms with Gasteiger partial charge in [-0.25, -0.2) is 10.3 Å². The molecule has 0 saturated heterocycles. The highest BCUT2D eigenvalue weighted by Crippen LogP contribution is 2.10. The van der Waals surface area contributed by atoms with Gasteiger partial charge in [-0.1, -0.05) is 42.5 Å². The Balaban J connectivity index is 1.72. The summed E-state index contributed by atoms with van der Waals surface area (Å²) < 4.78 is 0. The molecule has 120 valence electrons. The van der Waals surface area contributed by atoms with Gasteiger partial charge in [0, 0.05) is 19.2 Å². The van der Waals surface area contributed by atoms with Gasteiger partial charge in [0.15, 0.2) is 0 Å². The first-order valence-electron chi connectivity index (χ1n) is 7.19. The molecular weight excluding hydrogens is 294 g/mol. The van der Waals surface area contributed by atoms with E-state index in [1.54, 1.807) is 12.1 Å². The van der Waals surface area contributed by atoms with E-state index in [0.29, 0.717) is 18.8 Å². The zero-order chi connectivity index (χ0) is 16.5. The second-order valence-electron chi connectivity index (χ2n) is 4.94. The van der Waals surface area contributed by atoms with E-state index in [4.69, 9.17) is 4.84 Å². The first-order valence-corrected chi connectivity index (χ1v) is 7.19. The number of amides is 3. The van der Waals surface area contributed by atoms with Crippen LogP contribution in [0.25, 0.3) is 0 Å². The number of hydroxylamine groups is 1. The van der Waals surface area contributed by atoms with E-state index in [1.807, 2.05) is 42.5 Å². The fraction of sp³-hybridized carbons (Fsp3) is 0.176. The lowest BCUT2D eigenvalue weighted by Crippen LogP contribution is -2.34. The maximum Gasteiger partial charge on any atom is 0.338 e. The number of hydrogen-bond donors (Lipinski definition) is 3. The normalized spacial score (nSPS) is 9.96. The minimum absolute atomic E-state index is 0.137. The van der Waals surface area contributed by atoms with Gasteiger partial charge in [-0.05, 0) is 23.3 Å². The highest BCUT2D eigenvalue weighted by atomic mass is 16.7. The maximum absolute atomic E-state index is 11.7. The van der Waals surface area contributed by atoms with Crippen molar-refractivity contribution in [2.24, 2.45) is 0 Å². The second-order valence-corrected chi connectivity index (χ2v) is 4.94. The van der Waals surface area contributed by atoms with E-state index >= 15 is 0 Å². The van der Waals surface area contributed by atoms with Crippen molar-refractivity contribution in [3.63, 3.8) is 0 Å². The molecule has 6 nitrogen and oxygen atoms in total. The van der Waals surface area contributed by atoms with Gasteiger partial charge in [-0.2, -0.15) is 0 Å². The average Bonchev–Trinajstić information content (AvgIpc) is 2.54. The molecule has 0 aliphatic rings. The number of carbonyl (C=O) groups is 2. The third-order valence-electron chi connectivity index (χ3n) is 2.95. The Morgan fingerprint density at radius 2 is 1.74 bits per heavy atom. The number of urea groups is 1. The molecular formula is C17H19N3O3. The average molecular weight is 313 g/mol. The summed E-state index contributed by atoms with van der Waals surface area (Å²) in [6.07, 6.45) is 0.